The molecule has 0 aliphatic carbocycles. The van der Waals surface area contributed by atoms with Crippen LogP contribution in [0.1, 0.15) is 24.5 Å². The Labute approximate surface area is 148 Å². The Balaban J connectivity index is 1.93. The molecule has 138 valence electrons. The maximum Gasteiger partial charge on any atom is 0.416 e. The van der Waals surface area contributed by atoms with Crippen molar-refractivity contribution in [2.45, 2.75) is 26.1 Å². The molecule has 1 heterocycles. The van der Waals surface area contributed by atoms with E-state index in [0.717, 1.165) is 17.7 Å². The molecule has 0 radical (unpaired) electrons. The number of benzene rings is 1. The molecule has 5 nitrogen and oxygen atoms in total. The summed E-state index contributed by atoms with van der Waals surface area (Å²) in [5, 5.41) is 2.42. The molecule has 2 rings (SSSR count). The normalized spacial score (nSPS) is 11.1. The molecule has 0 atom stereocenters. The molecule has 0 spiro atoms. The average molecular weight is 365 g/mol. The fourth-order valence-electron chi connectivity index (χ4n) is 2.29. The van der Waals surface area contributed by atoms with Crippen LogP contribution in [0.5, 0.6) is 0 Å². The van der Waals surface area contributed by atoms with E-state index in [4.69, 9.17) is 0 Å². The lowest BCUT2D eigenvalue weighted by Crippen LogP contribution is -2.31. The van der Waals surface area contributed by atoms with Gasteiger partial charge in [0.25, 0.3) is 0 Å². The Kier molecular flexibility index (Phi) is 6.32. The van der Waals surface area contributed by atoms with Crippen LogP contribution in [0.4, 0.5) is 18.9 Å². The van der Waals surface area contributed by atoms with Gasteiger partial charge in [0, 0.05) is 44.5 Å². The molecule has 0 aliphatic rings. The average Bonchev–Trinajstić information content (AvgIpc) is 2.58. The van der Waals surface area contributed by atoms with Crippen LogP contribution in [-0.4, -0.2) is 28.2 Å². The minimum atomic E-state index is -4.48. The van der Waals surface area contributed by atoms with E-state index in [9.17, 15) is 22.8 Å². The van der Waals surface area contributed by atoms with Gasteiger partial charge in [-0.15, -0.1) is 0 Å². The number of nitrogens with zero attached hydrogens (tertiary/aromatic N) is 2. The summed E-state index contributed by atoms with van der Waals surface area (Å²) in [4.78, 5) is 29.2. The third kappa shape index (κ3) is 5.87. The summed E-state index contributed by atoms with van der Waals surface area (Å²) in [6.45, 7) is 1.84. The maximum absolute atomic E-state index is 12.7. The van der Waals surface area contributed by atoms with E-state index in [1.54, 1.807) is 18.5 Å². The number of nitrogens with one attached hydrogen (secondary N) is 1. The van der Waals surface area contributed by atoms with Crippen molar-refractivity contribution in [3.63, 3.8) is 0 Å². The number of aromatic nitrogens is 1. The predicted octanol–water partition coefficient (Wildman–Crippen LogP) is 3.48. The lowest BCUT2D eigenvalue weighted by Gasteiger charge is -2.20. The molecular formula is C18H18F3N3O2. The molecule has 2 aromatic rings. The van der Waals surface area contributed by atoms with Crippen LogP contribution in [0.3, 0.4) is 0 Å². The van der Waals surface area contributed by atoms with Crippen molar-refractivity contribution >= 4 is 17.5 Å². The smallest absolute Gasteiger partial charge is 0.338 e. The Morgan fingerprint density at radius 2 is 1.96 bits per heavy atom. The number of alkyl halides is 3. The first kappa shape index (κ1) is 19.4. The van der Waals surface area contributed by atoms with Gasteiger partial charge < -0.3 is 10.2 Å². The summed E-state index contributed by atoms with van der Waals surface area (Å²) < 4.78 is 38.1. The van der Waals surface area contributed by atoms with Crippen molar-refractivity contribution in [2.24, 2.45) is 0 Å². The first-order valence-corrected chi connectivity index (χ1v) is 7.87. The van der Waals surface area contributed by atoms with Crippen LogP contribution in [0.2, 0.25) is 0 Å². The van der Waals surface area contributed by atoms with Crippen LogP contribution >= 0.6 is 0 Å². The van der Waals surface area contributed by atoms with Gasteiger partial charge in [0.2, 0.25) is 11.8 Å². The first-order valence-electron chi connectivity index (χ1n) is 7.87. The van der Waals surface area contributed by atoms with Crippen LogP contribution in [-0.2, 0) is 22.3 Å². The van der Waals surface area contributed by atoms with Crippen molar-refractivity contribution in [3.05, 3.63) is 59.9 Å². The quantitative estimate of drug-likeness (QED) is 0.853. The molecule has 0 bridgehead atoms. The molecule has 2 amide bonds. The summed E-state index contributed by atoms with van der Waals surface area (Å²) in [5.41, 5.74) is 0.0460. The number of rotatable bonds is 6. The number of anilines is 1. The van der Waals surface area contributed by atoms with Gasteiger partial charge in [-0.05, 0) is 29.8 Å². The number of hydrogen-bond donors (Lipinski definition) is 1. The largest absolute Gasteiger partial charge is 0.416 e. The topological polar surface area (TPSA) is 62.3 Å². The van der Waals surface area contributed by atoms with Gasteiger partial charge in [-0.2, -0.15) is 13.2 Å². The monoisotopic (exact) mass is 365 g/mol. The lowest BCUT2D eigenvalue weighted by molar-refractivity contribution is -0.137. The van der Waals surface area contributed by atoms with Gasteiger partial charge in [0.1, 0.15) is 0 Å². The molecule has 0 fully saturated rings. The van der Waals surface area contributed by atoms with Crippen molar-refractivity contribution in [3.8, 4) is 0 Å². The minimum absolute atomic E-state index is 0.0317. The molecule has 26 heavy (non-hydrogen) atoms. The summed E-state index contributed by atoms with van der Waals surface area (Å²) in [5.74, 6) is -0.678. The SMILES string of the molecule is CC(=O)N(CCC(=O)Nc1cccc(C(F)(F)F)c1)Cc1cccnc1. The molecule has 1 aromatic heterocycles. The summed E-state index contributed by atoms with van der Waals surface area (Å²) >= 11 is 0. The highest BCUT2D eigenvalue weighted by Gasteiger charge is 2.30. The zero-order chi connectivity index (χ0) is 19.2. The van der Waals surface area contributed by atoms with E-state index in [-0.39, 0.29) is 24.6 Å². The van der Waals surface area contributed by atoms with Crippen molar-refractivity contribution in [2.75, 3.05) is 11.9 Å². The van der Waals surface area contributed by atoms with Gasteiger partial charge in [0.05, 0.1) is 5.56 Å². The number of amides is 2. The zero-order valence-electron chi connectivity index (χ0n) is 14.1. The maximum atomic E-state index is 12.7. The number of carbonyl (C=O) groups excluding carboxylic acids is 2. The molecule has 0 saturated heterocycles. The first-order chi connectivity index (χ1) is 12.3. The van der Waals surface area contributed by atoms with E-state index in [1.165, 1.54) is 24.0 Å². The number of carbonyl (C=O) groups is 2. The summed E-state index contributed by atoms with van der Waals surface area (Å²) in [6.07, 6.45) is -1.27. The van der Waals surface area contributed by atoms with Crippen molar-refractivity contribution in [1.82, 2.24) is 9.88 Å². The van der Waals surface area contributed by atoms with Crippen LogP contribution < -0.4 is 5.32 Å². The summed E-state index contributed by atoms with van der Waals surface area (Å²) in [6, 6.07) is 7.96. The van der Waals surface area contributed by atoms with E-state index < -0.39 is 17.6 Å². The molecule has 1 aromatic carbocycles. The third-order valence-electron chi connectivity index (χ3n) is 3.62. The Hall–Kier alpha value is -2.90. The third-order valence-corrected chi connectivity index (χ3v) is 3.62. The molecule has 0 aliphatic heterocycles. The van der Waals surface area contributed by atoms with Gasteiger partial charge in [-0.25, -0.2) is 0 Å². The standard InChI is InChI=1S/C18H18F3N3O2/c1-13(25)24(12-14-4-3-8-22-11-14)9-7-17(26)23-16-6-2-5-15(10-16)18(19,20)21/h2-6,8,10-11H,7,9,12H2,1H3,(H,23,26). The van der Waals surface area contributed by atoms with E-state index in [2.05, 4.69) is 10.3 Å². The summed E-state index contributed by atoms with van der Waals surface area (Å²) in [7, 11) is 0. The Morgan fingerprint density at radius 3 is 2.58 bits per heavy atom. The second-order valence-corrected chi connectivity index (χ2v) is 5.68. The number of hydrogen-bond acceptors (Lipinski definition) is 3. The van der Waals surface area contributed by atoms with Gasteiger partial charge in [-0.1, -0.05) is 12.1 Å². The Bertz CT molecular complexity index is 764. The molecular weight excluding hydrogens is 347 g/mol. The van der Waals surface area contributed by atoms with Gasteiger partial charge >= 0.3 is 6.18 Å². The van der Waals surface area contributed by atoms with Crippen LogP contribution in [0.25, 0.3) is 0 Å². The van der Waals surface area contributed by atoms with E-state index in [1.807, 2.05) is 6.07 Å². The minimum Gasteiger partial charge on any atom is -0.338 e. The van der Waals surface area contributed by atoms with Crippen LogP contribution in [0, 0.1) is 0 Å². The molecule has 0 unspecified atom stereocenters. The van der Waals surface area contributed by atoms with Crippen molar-refractivity contribution < 1.29 is 22.8 Å². The molecule has 8 heteroatoms. The number of pyridine rings is 1. The number of halogens is 3. The fraction of sp³-hybridized carbons (Fsp3) is 0.278. The van der Waals surface area contributed by atoms with Crippen LogP contribution in [0.15, 0.2) is 48.8 Å². The van der Waals surface area contributed by atoms with E-state index in [0.29, 0.717) is 6.54 Å². The molecule has 0 saturated carbocycles. The van der Waals surface area contributed by atoms with E-state index >= 15 is 0 Å². The zero-order valence-corrected chi connectivity index (χ0v) is 14.1. The lowest BCUT2D eigenvalue weighted by atomic mass is 10.2. The highest BCUT2D eigenvalue weighted by atomic mass is 19.4. The van der Waals surface area contributed by atoms with Gasteiger partial charge in [-0.3, -0.25) is 14.6 Å². The Morgan fingerprint density at radius 1 is 1.19 bits per heavy atom. The van der Waals surface area contributed by atoms with Crippen molar-refractivity contribution in [1.29, 1.82) is 0 Å². The second-order valence-electron chi connectivity index (χ2n) is 5.68. The fourth-order valence-corrected chi connectivity index (χ4v) is 2.29. The predicted molar refractivity (Wildman–Crippen MR) is 90.0 cm³/mol. The second kappa shape index (κ2) is 8.46. The molecule has 1 N–H and O–H groups in total. The highest BCUT2D eigenvalue weighted by Crippen LogP contribution is 2.30. The van der Waals surface area contributed by atoms with Gasteiger partial charge in [0.15, 0.2) is 0 Å². The highest BCUT2D eigenvalue weighted by molar-refractivity contribution is 5.91.